The van der Waals surface area contributed by atoms with E-state index in [2.05, 4.69) is 50.3 Å². The number of ether oxygens (including phenoxy) is 1. The van der Waals surface area contributed by atoms with Gasteiger partial charge in [-0.15, -0.1) is 0 Å². The first-order chi connectivity index (χ1) is 15.7. The van der Waals surface area contributed by atoms with Crippen molar-refractivity contribution in [2.75, 3.05) is 38.7 Å². The third-order valence-electron chi connectivity index (χ3n) is 7.75. The molecule has 2 unspecified atom stereocenters. The van der Waals surface area contributed by atoms with Gasteiger partial charge in [0.2, 0.25) is 0 Å². The monoisotopic (exact) mass is 432 g/mol. The Hall–Kier alpha value is -2.64. The molecule has 0 radical (unpaired) electrons. The van der Waals surface area contributed by atoms with E-state index in [1.165, 1.54) is 18.5 Å². The van der Waals surface area contributed by atoms with Crippen LogP contribution in [0.1, 0.15) is 55.7 Å². The number of rotatable bonds is 4. The van der Waals surface area contributed by atoms with Gasteiger partial charge in [-0.25, -0.2) is 4.98 Å². The van der Waals surface area contributed by atoms with Crippen molar-refractivity contribution in [1.29, 1.82) is 0 Å². The van der Waals surface area contributed by atoms with Gasteiger partial charge < -0.3 is 14.6 Å². The van der Waals surface area contributed by atoms with Gasteiger partial charge in [-0.05, 0) is 63.4 Å². The van der Waals surface area contributed by atoms with Crippen molar-refractivity contribution in [1.82, 2.24) is 25.2 Å². The van der Waals surface area contributed by atoms with Crippen LogP contribution in [-0.4, -0.2) is 59.2 Å². The van der Waals surface area contributed by atoms with Crippen LogP contribution in [0.3, 0.4) is 0 Å². The molecule has 3 fully saturated rings. The van der Waals surface area contributed by atoms with E-state index in [0.717, 1.165) is 67.2 Å². The summed E-state index contributed by atoms with van der Waals surface area (Å²) in [6, 6.07) is 10.8. The van der Waals surface area contributed by atoms with Crippen LogP contribution in [-0.2, 0) is 0 Å². The lowest BCUT2D eigenvalue weighted by molar-refractivity contribution is 0.199. The largest absolute Gasteiger partial charge is 0.495 e. The number of likely N-dealkylation sites (N-methyl/N-ethyl adjacent to an activating group) is 1. The van der Waals surface area contributed by atoms with Crippen molar-refractivity contribution >= 4 is 16.7 Å². The minimum Gasteiger partial charge on any atom is -0.495 e. The number of hydrogen-bond donors (Lipinski definition) is 2. The molecule has 3 aromatic rings. The second-order valence-electron chi connectivity index (χ2n) is 9.66. The Bertz CT molecular complexity index is 1120. The van der Waals surface area contributed by atoms with Crippen molar-refractivity contribution in [3.05, 3.63) is 48.0 Å². The number of fused-ring (bicyclic) bond motifs is 1. The second kappa shape index (κ2) is 7.74. The number of benzene rings is 1. The number of anilines is 1. The average Bonchev–Trinajstić information content (AvgIpc) is 3.47. The van der Waals surface area contributed by atoms with E-state index in [1.54, 1.807) is 7.11 Å². The topological polar surface area (TPSA) is 69.3 Å². The number of para-hydroxylation sites is 1. The number of piperazine rings is 1. The summed E-state index contributed by atoms with van der Waals surface area (Å²) >= 11 is 0. The molecule has 7 nitrogen and oxygen atoms in total. The minimum absolute atomic E-state index is 0.171. The molecule has 2 saturated heterocycles. The van der Waals surface area contributed by atoms with Crippen LogP contribution < -0.4 is 15.0 Å². The first-order valence-electron chi connectivity index (χ1n) is 11.9. The van der Waals surface area contributed by atoms with Crippen LogP contribution in [0.15, 0.2) is 36.5 Å². The third-order valence-corrected chi connectivity index (χ3v) is 7.75. The van der Waals surface area contributed by atoms with E-state index in [4.69, 9.17) is 9.72 Å². The van der Waals surface area contributed by atoms with E-state index < -0.39 is 0 Å². The summed E-state index contributed by atoms with van der Waals surface area (Å²) in [5.41, 5.74) is 4.87. The number of aromatic nitrogens is 3. The Morgan fingerprint density at radius 2 is 1.97 bits per heavy atom. The SMILES string of the molecule is COc1cccnc1C1CCCC(c2nc3c(N4CCN(C)C5(CC5)C4)cccc3[nH]2)N1. The fraction of sp³-hybridized carbons (Fsp3) is 0.520. The molecule has 3 aliphatic rings. The Morgan fingerprint density at radius 3 is 2.81 bits per heavy atom. The molecule has 2 aromatic heterocycles. The maximum Gasteiger partial charge on any atom is 0.141 e. The smallest absolute Gasteiger partial charge is 0.141 e. The highest BCUT2D eigenvalue weighted by Crippen LogP contribution is 2.45. The van der Waals surface area contributed by atoms with Gasteiger partial charge in [-0.1, -0.05) is 6.07 Å². The molecule has 4 heterocycles. The highest BCUT2D eigenvalue weighted by Gasteiger charge is 2.49. The molecule has 32 heavy (non-hydrogen) atoms. The second-order valence-corrected chi connectivity index (χ2v) is 9.66. The zero-order chi connectivity index (χ0) is 21.7. The lowest BCUT2D eigenvalue weighted by Crippen LogP contribution is -2.53. The van der Waals surface area contributed by atoms with Gasteiger partial charge in [0, 0.05) is 31.4 Å². The van der Waals surface area contributed by atoms with E-state index in [-0.39, 0.29) is 12.1 Å². The number of nitrogens with zero attached hydrogens (tertiary/aromatic N) is 4. The Balaban J connectivity index is 1.28. The van der Waals surface area contributed by atoms with Gasteiger partial charge in [0.25, 0.3) is 0 Å². The predicted octanol–water partition coefficient (Wildman–Crippen LogP) is 3.81. The zero-order valence-electron chi connectivity index (χ0n) is 19.0. The lowest BCUT2D eigenvalue weighted by atomic mass is 9.95. The number of imidazole rings is 1. The fourth-order valence-corrected chi connectivity index (χ4v) is 5.61. The average molecular weight is 433 g/mol. The Morgan fingerprint density at radius 1 is 1.09 bits per heavy atom. The van der Waals surface area contributed by atoms with Gasteiger partial charge in [-0.2, -0.15) is 0 Å². The number of aromatic amines is 1. The summed E-state index contributed by atoms with van der Waals surface area (Å²) in [4.78, 5) is 18.5. The normalized spacial score (nSPS) is 25.4. The molecule has 0 bridgehead atoms. The van der Waals surface area contributed by atoms with Crippen molar-refractivity contribution in [3.8, 4) is 5.75 Å². The van der Waals surface area contributed by atoms with Gasteiger partial charge in [-0.3, -0.25) is 15.2 Å². The molecular formula is C25H32N6O. The quantitative estimate of drug-likeness (QED) is 0.654. The van der Waals surface area contributed by atoms with E-state index in [1.807, 2.05) is 18.3 Å². The predicted molar refractivity (Wildman–Crippen MR) is 126 cm³/mol. The summed E-state index contributed by atoms with van der Waals surface area (Å²) < 4.78 is 5.56. The molecule has 2 aliphatic heterocycles. The highest BCUT2D eigenvalue weighted by molar-refractivity contribution is 5.89. The summed E-state index contributed by atoms with van der Waals surface area (Å²) in [5, 5.41) is 3.79. The Labute approximate surface area is 189 Å². The summed E-state index contributed by atoms with van der Waals surface area (Å²) in [6.45, 7) is 3.28. The first kappa shape index (κ1) is 20.0. The molecule has 168 valence electrons. The molecule has 1 aromatic carbocycles. The maximum absolute atomic E-state index is 5.56. The maximum atomic E-state index is 5.56. The molecule has 1 spiro atoms. The number of nitrogens with one attached hydrogen (secondary N) is 2. The molecule has 1 saturated carbocycles. The number of H-pyrrole nitrogens is 1. The molecule has 0 amide bonds. The van der Waals surface area contributed by atoms with Crippen molar-refractivity contribution in [2.24, 2.45) is 0 Å². The number of hydrogen-bond acceptors (Lipinski definition) is 6. The van der Waals surface area contributed by atoms with Gasteiger partial charge in [0.1, 0.15) is 17.1 Å². The minimum atomic E-state index is 0.171. The third kappa shape index (κ3) is 3.35. The number of pyridine rings is 1. The van der Waals surface area contributed by atoms with Crippen LogP contribution in [0, 0.1) is 0 Å². The number of methoxy groups -OCH3 is 1. The van der Waals surface area contributed by atoms with Crippen LogP contribution in [0.5, 0.6) is 5.75 Å². The van der Waals surface area contributed by atoms with Crippen LogP contribution in [0.2, 0.25) is 0 Å². The summed E-state index contributed by atoms with van der Waals surface area (Å²) in [6.07, 6.45) is 7.72. The molecule has 7 heteroatoms. The highest BCUT2D eigenvalue weighted by atomic mass is 16.5. The molecular weight excluding hydrogens is 400 g/mol. The van der Waals surface area contributed by atoms with Crippen molar-refractivity contribution < 1.29 is 4.74 Å². The standard InChI is InChI=1S/C25H32N6O/c1-30-14-15-31(16-25(30)11-12-25)20-9-4-7-17-22(20)29-24(28-17)19-8-3-6-18(27-19)23-21(32-2)10-5-13-26-23/h4-5,7,9-10,13,18-19,27H,3,6,8,11-12,14-16H2,1-2H3,(H,28,29). The molecule has 2 atom stereocenters. The molecule has 2 N–H and O–H groups in total. The van der Waals surface area contributed by atoms with Crippen LogP contribution in [0.4, 0.5) is 5.69 Å². The Kier molecular flexibility index (Phi) is 4.84. The van der Waals surface area contributed by atoms with E-state index in [0.29, 0.717) is 5.54 Å². The van der Waals surface area contributed by atoms with E-state index >= 15 is 0 Å². The van der Waals surface area contributed by atoms with Gasteiger partial charge >= 0.3 is 0 Å². The first-order valence-corrected chi connectivity index (χ1v) is 11.9. The van der Waals surface area contributed by atoms with E-state index in [9.17, 15) is 0 Å². The zero-order valence-corrected chi connectivity index (χ0v) is 19.0. The van der Waals surface area contributed by atoms with Gasteiger partial charge in [0.15, 0.2) is 0 Å². The molecule has 1 aliphatic carbocycles. The van der Waals surface area contributed by atoms with Crippen LogP contribution in [0.25, 0.3) is 11.0 Å². The number of piperidine rings is 1. The van der Waals surface area contributed by atoms with Crippen molar-refractivity contribution in [3.63, 3.8) is 0 Å². The fourth-order valence-electron chi connectivity index (χ4n) is 5.61. The molecule has 6 rings (SSSR count). The lowest BCUT2D eigenvalue weighted by Gasteiger charge is -2.41. The summed E-state index contributed by atoms with van der Waals surface area (Å²) in [7, 11) is 3.99. The summed E-state index contributed by atoms with van der Waals surface area (Å²) in [5.74, 6) is 1.88. The van der Waals surface area contributed by atoms with Gasteiger partial charge in [0.05, 0.1) is 36.1 Å². The van der Waals surface area contributed by atoms with Crippen LogP contribution >= 0.6 is 0 Å². The van der Waals surface area contributed by atoms with Crippen molar-refractivity contribution in [2.45, 2.75) is 49.7 Å².